The lowest BCUT2D eigenvalue weighted by molar-refractivity contribution is 0.0914. The molecule has 2 aromatic carbocycles. The normalized spacial score (nSPS) is 27.1. The van der Waals surface area contributed by atoms with Crippen LogP contribution in [-0.2, 0) is 0 Å². The molecule has 20 heavy (non-hydrogen) atoms. The van der Waals surface area contributed by atoms with E-state index in [1.807, 2.05) is 30.3 Å². The highest BCUT2D eigenvalue weighted by Gasteiger charge is 2.47. The summed E-state index contributed by atoms with van der Waals surface area (Å²) in [6.07, 6.45) is 3.63. The van der Waals surface area contributed by atoms with Gasteiger partial charge in [0.25, 0.3) is 0 Å². The largest absolute Gasteiger partial charge is 0.294 e. The fraction of sp³-hybridized carbons (Fsp3) is 0.316. The Morgan fingerprint density at radius 3 is 2.00 bits per heavy atom. The van der Waals surface area contributed by atoms with Crippen LogP contribution in [0.3, 0.4) is 0 Å². The molecule has 2 aliphatic carbocycles. The van der Waals surface area contributed by atoms with Gasteiger partial charge in [-0.3, -0.25) is 4.79 Å². The maximum atomic E-state index is 12.5. The molecule has 0 amide bonds. The molecule has 2 aliphatic rings. The van der Waals surface area contributed by atoms with Crippen LogP contribution in [0.15, 0.2) is 54.6 Å². The van der Waals surface area contributed by atoms with E-state index in [9.17, 15) is 4.79 Å². The van der Waals surface area contributed by atoms with Gasteiger partial charge in [0, 0.05) is 11.5 Å². The molecule has 2 fully saturated rings. The predicted molar refractivity (Wildman–Crippen MR) is 80.5 cm³/mol. The molecule has 2 unspecified atom stereocenters. The smallest absolute Gasteiger partial charge is 0.165 e. The van der Waals surface area contributed by atoms with E-state index in [0.717, 1.165) is 30.2 Å². The van der Waals surface area contributed by atoms with E-state index in [4.69, 9.17) is 0 Å². The van der Waals surface area contributed by atoms with E-state index in [1.54, 1.807) is 0 Å². The minimum Gasteiger partial charge on any atom is -0.294 e. The second-order valence-electron chi connectivity index (χ2n) is 6.23. The molecule has 0 radical (unpaired) electrons. The lowest BCUT2D eigenvalue weighted by atomic mass is 9.92. The van der Waals surface area contributed by atoms with Crippen molar-refractivity contribution >= 4 is 5.78 Å². The Morgan fingerprint density at radius 2 is 1.35 bits per heavy atom. The predicted octanol–water partition coefficient (Wildman–Crippen LogP) is 4.58. The minimum absolute atomic E-state index is 0.293. The van der Waals surface area contributed by atoms with Crippen LogP contribution >= 0.6 is 0 Å². The molecule has 0 N–H and O–H groups in total. The molecule has 4 rings (SSSR count). The van der Waals surface area contributed by atoms with Gasteiger partial charge in [0.05, 0.1) is 0 Å². The third kappa shape index (κ3) is 2.07. The lowest BCUT2D eigenvalue weighted by Gasteiger charge is -2.11. The summed E-state index contributed by atoms with van der Waals surface area (Å²) in [5.74, 6) is 2.39. The fourth-order valence-corrected chi connectivity index (χ4v) is 3.62. The third-order valence-electron chi connectivity index (χ3n) is 4.89. The Balaban J connectivity index is 1.54. The summed E-state index contributed by atoms with van der Waals surface area (Å²) in [4.78, 5) is 12.5. The number of carbonyl (C=O) groups excluding carboxylic acids is 1. The summed E-state index contributed by atoms with van der Waals surface area (Å²) in [7, 11) is 0. The Kier molecular flexibility index (Phi) is 2.73. The second kappa shape index (κ2) is 4.59. The van der Waals surface area contributed by atoms with Crippen LogP contribution in [0.2, 0.25) is 0 Å². The topological polar surface area (TPSA) is 17.1 Å². The molecule has 0 bridgehead atoms. The second-order valence-corrected chi connectivity index (χ2v) is 6.23. The van der Waals surface area contributed by atoms with Gasteiger partial charge >= 0.3 is 0 Å². The van der Waals surface area contributed by atoms with Crippen LogP contribution in [-0.4, -0.2) is 5.78 Å². The maximum absolute atomic E-state index is 12.5. The first kappa shape index (κ1) is 11.9. The molecular formula is C19H18O. The molecular weight excluding hydrogens is 244 g/mol. The first-order valence-electron chi connectivity index (χ1n) is 7.51. The van der Waals surface area contributed by atoms with Crippen LogP contribution in [0.5, 0.6) is 0 Å². The van der Waals surface area contributed by atoms with Gasteiger partial charge in [-0.25, -0.2) is 0 Å². The zero-order valence-electron chi connectivity index (χ0n) is 11.5. The van der Waals surface area contributed by atoms with Gasteiger partial charge in [0.2, 0.25) is 0 Å². The highest BCUT2D eigenvalue weighted by molar-refractivity contribution is 5.98. The van der Waals surface area contributed by atoms with Crippen molar-refractivity contribution in [3.8, 4) is 11.1 Å². The Bertz CT molecular complexity index is 617. The summed E-state index contributed by atoms with van der Waals surface area (Å²) >= 11 is 0. The van der Waals surface area contributed by atoms with Crippen LogP contribution in [0.1, 0.15) is 29.6 Å². The maximum Gasteiger partial charge on any atom is 0.165 e. The lowest BCUT2D eigenvalue weighted by Crippen LogP contribution is -2.12. The summed E-state index contributed by atoms with van der Waals surface area (Å²) in [6, 6.07) is 18.4. The van der Waals surface area contributed by atoms with Crippen molar-refractivity contribution in [2.24, 2.45) is 17.8 Å². The number of rotatable bonds is 3. The number of carbonyl (C=O) groups is 1. The van der Waals surface area contributed by atoms with Crippen LogP contribution in [0.25, 0.3) is 11.1 Å². The van der Waals surface area contributed by atoms with Crippen molar-refractivity contribution in [1.82, 2.24) is 0 Å². The summed E-state index contributed by atoms with van der Waals surface area (Å²) in [5, 5.41) is 0. The van der Waals surface area contributed by atoms with Gasteiger partial charge in [-0.15, -0.1) is 0 Å². The number of Topliss-reactive ketones (excluding diaryl/α,β-unsaturated/α-hetero) is 1. The van der Waals surface area contributed by atoms with E-state index in [-0.39, 0.29) is 0 Å². The van der Waals surface area contributed by atoms with E-state index in [1.165, 1.54) is 17.5 Å². The SMILES string of the molecule is O=C(c1ccc(-c2ccccc2)cc1)C1CC2CC2C1. The molecule has 0 aromatic heterocycles. The molecule has 0 spiro atoms. The average Bonchev–Trinajstić information content (AvgIpc) is 3.13. The van der Waals surface area contributed by atoms with E-state index in [2.05, 4.69) is 24.3 Å². The first-order chi connectivity index (χ1) is 9.81. The Morgan fingerprint density at radius 1 is 0.750 bits per heavy atom. The number of fused-ring (bicyclic) bond motifs is 1. The molecule has 2 saturated carbocycles. The van der Waals surface area contributed by atoms with Gasteiger partial charge in [-0.2, -0.15) is 0 Å². The standard InChI is InChI=1S/C19H18O/c20-19(18-11-16-10-17(16)12-18)15-8-6-14(7-9-15)13-4-2-1-3-5-13/h1-9,16-18H,10-12H2. The quantitative estimate of drug-likeness (QED) is 0.740. The van der Waals surface area contributed by atoms with Crippen molar-refractivity contribution in [2.45, 2.75) is 19.3 Å². The van der Waals surface area contributed by atoms with Crippen LogP contribution < -0.4 is 0 Å². The third-order valence-corrected chi connectivity index (χ3v) is 4.89. The van der Waals surface area contributed by atoms with Gasteiger partial charge in [-0.1, -0.05) is 54.6 Å². The van der Waals surface area contributed by atoms with Crippen molar-refractivity contribution in [3.05, 3.63) is 60.2 Å². The summed E-state index contributed by atoms with van der Waals surface area (Å²) in [6.45, 7) is 0. The highest BCUT2D eigenvalue weighted by atomic mass is 16.1. The molecule has 0 heterocycles. The van der Waals surface area contributed by atoms with Crippen LogP contribution in [0, 0.1) is 17.8 Å². The van der Waals surface area contributed by atoms with Gasteiger partial charge in [-0.05, 0) is 42.2 Å². The fourth-order valence-electron chi connectivity index (χ4n) is 3.62. The van der Waals surface area contributed by atoms with Crippen molar-refractivity contribution in [3.63, 3.8) is 0 Å². The van der Waals surface area contributed by atoms with E-state index >= 15 is 0 Å². The van der Waals surface area contributed by atoms with Crippen LogP contribution in [0.4, 0.5) is 0 Å². The first-order valence-corrected chi connectivity index (χ1v) is 7.51. The zero-order valence-corrected chi connectivity index (χ0v) is 11.5. The van der Waals surface area contributed by atoms with Gasteiger partial charge < -0.3 is 0 Å². The molecule has 2 aromatic rings. The number of hydrogen-bond acceptors (Lipinski definition) is 1. The van der Waals surface area contributed by atoms with Crippen molar-refractivity contribution < 1.29 is 4.79 Å². The molecule has 0 saturated heterocycles. The molecule has 1 heteroatoms. The van der Waals surface area contributed by atoms with E-state index in [0.29, 0.717) is 11.7 Å². The molecule has 0 aliphatic heterocycles. The van der Waals surface area contributed by atoms with Gasteiger partial charge in [0.15, 0.2) is 5.78 Å². The summed E-state index contributed by atoms with van der Waals surface area (Å²) in [5.41, 5.74) is 3.26. The number of benzene rings is 2. The number of ketones is 1. The highest BCUT2D eigenvalue weighted by Crippen LogP contribution is 2.54. The minimum atomic E-state index is 0.293. The van der Waals surface area contributed by atoms with Crippen molar-refractivity contribution in [2.75, 3.05) is 0 Å². The molecule has 100 valence electrons. The zero-order chi connectivity index (χ0) is 13.5. The summed E-state index contributed by atoms with van der Waals surface area (Å²) < 4.78 is 0. The average molecular weight is 262 g/mol. The van der Waals surface area contributed by atoms with Crippen molar-refractivity contribution in [1.29, 1.82) is 0 Å². The van der Waals surface area contributed by atoms with E-state index < -0.39 is 0 Å². The van der Waals surface area contributed by atoms with Gasteiger partial charge in [0.1, 0.15) is 0 Å². The Labute approximate surface area is 119 Å². The number of hydrogen-bond donors (Lipinski definition) is 0. The Hall–Kier alpha value is -1.89. The monoisotopic (exact) mass is 262 g/mol. The molecule has 1 nitrogen and oxygen atoms in total. The molecule has 2 atom stereocenters.